The molecule has 0 unspecified atom stereocenters. The minimum Gasteiger partial charge on any atom is -0.258 e. The maximum atomic E-state index is 11.2. The first-order chi connectivity index (χ1) is 14.4. The summed E-state index contributed by atoms with van der Waals surface area (Å²) < 4.78 is 0. The molecule has 30 heavy (non-hydrogen) atoms. The Morgan fingerprint density at radius 2 is 1.03 bits per heavy atom. The minimum absolute atomic E-state index is 0.00582. The molecule has 0 aromatic heterocycles. The number of nitro groups is 2. The normalized spacial score (nSPS) is 17.2. The summed E-state index contributed by atoms with van der Waals surface area (Å²) in [5.74, 6) is 0. The fourth-order valence-electron chi connectivity index (χ4n) is 2.30. The molecule has 2 rings (SSSR count). The van der Waals surface area contributed by atoms with E-state index in [0.29, 0.717) is 0 Å². The lowest BCUT2D eigenvalue weighted by Gasteiger charge is -2.06. The van der Waals surface area contributed by atoms with Gasteiger partial charge in [-0.05, 0) is 24.3 Å². The van der Waals surface area contributed by atoms with Crippen molar-refractivity contribution in [3.8, 4) is 24.3 Å². The average Bonchev–Trinajstić information content (AvgIpc) is 2.74. The van der Waals surface area contributed by atoms with E-state index < -0.39 is 32.4 Å². The molecule has 0 radical (unpaired) electrons. The monoisotopic (exact) mass is 398 g/mol. The van der Waals surface area contributed by atoms with Crippen LogP contribution in [0.1, 0.15) is 0 Å². The van der Waals surface area contributed by atoms with Gasteiger partial charge < -0.3 is 0 Å². The zero-order valence-electron chi connectivity index (χ0n) is 14.7. The smallest absolute Gasteiger partial charge is 0.258 e. The van der Waals surface area contributed by atoms with E-state index in [9.17, 15) is 20.2 Å². The van der Waals surface area contributed by atoms with E-state index in [1.54, 1.807) is 24.3 Å². The van der Waals surface area contributed by atoms with E-state index in [1.165, 1.54) is 24.3 Å². The Labute approximate surface area is 167 Å². The summed E-state index contributed by atoms with van der Waals surface area (Å²) in [5, 5.41) is 65.6. The highest BCUT2D eigenvalue weighted by molar-refractivity contribution is 6.09. The summed E-state index contributed by atoms with van der Waals surface area (Å²) in [5.41, 5.74) is -2.33. The van der Waals surface area contributed by atoms with Gasteiger partial charge in [0, 0.05) is 12.2 Å². The van der Waals surface area contributed by atoms with Gasteiger partial charge in [0.25, 0.3) is 11.4 Å². The van der Waals surface area contributed by atoms with Crippen LogP contribution in [-0.4, -0.2) is 21.3 Å². The molecule has 2 aliphatic carbocycles. The molecule has 0 saturated heterocycles. The van der Waals surface area contributed by atoms with Gasteiger partial charge in [-0.1, -0.05) is 0 Å². The third-order valence-corrected chi connectivity index (χ3v) is 3.62. The van der Waals surface area contributed by atoms with Gasteiger partial charge >= 0.3 is 0 Å². The Morgan fingerprint density at radius 3 is 1.30 bits per heavy atom. The van der Waals surface area contributed by atoms with Crippen LogP contribution in [0.15, 0.2) is 80.3 Å². The van der Waals surface area contributed by atoms with Crippen molar-refractivity contribution < 1.29 is 9.85 Å². The zero-order chi connectivity index (χ0) is 22.3. The van der Waals surface area contributed by atoms with Gasteiger partial charge in [0.05, 0.1) is 32.4 Å². The third kappa shape index (κ3) is 4.26. The summed E-state index contributed by atoms with van der Waals surface area (Å²) in [6.45, 7) is 0. The SMILES string of the molecule is N#CC(C#N)=C1C=C/C(=N/N=C2/C=CC(=C(C#N)C#N)C([N+](=O)[O-])=C2)C=C1[N+](=O)[O-]. The van der Waals surface area contributed by atoms with E-state index in [4.69, 9.17) is 21.0 Å². The Kier molecular flexibility index (Phi) is 6.22. The van der Waals surface area contributed by atoms with E-state index in [2.05, 4.69) is 10.2 Å². The van der Waals surface area contributed by atoms with Gasteiger partial charge in [0.1, 0.15) is 35.4 Å². The predicted octanol–water partition coefficient (Wildman–Crippen LogP) is 1.93. The molecule has 0 N–H and O–H groups in total. The van der Waals surface area contributed by atoms with Gasteiger partial charge in [-0.3, -0.25) is 20.2 Å². The second-order valence-corrected chi connectivity index (χ2v) is 5.31. The Bertz CT molecular complexity index is 1140. The number of rotatable bonds is 3. The van der Waals surface area contributed by atoms with E-state index in [0.717, 1.165) is 12.2 Å². The highest BCUT2D eigenvalue weighted by atomic mass is 16.6. The molecule has 142 valence electrons. The first kappa shape index (κ1) is 20.8. The van der Waals surface area contributed by atoms with Crippen molar-refractivity contribution in [2.45, 2.75) is 0 Å². The molecule has 0 saturated carbocycles. The summed E-state index contributed by atoms with van der Waals surface area (Å²) in [4.78, 5) is 20.9. The molecule has 0 heterocycles. The van der Waals surface area contributed by atoms with E-state index in [-0.39, 0.29) is 22.6 Å². The van der Waals surface area contributed by atoms with Crippen LogP contribution < -0.4 is 0 Å². The maximum absolute atomic E-state index is 11.2. The molecular formula is C18H6N8O4. The molecule has 0 aromatic rings. The Morgan fingerprint density at radius 1 is 0.700 bits per heavy atom. The van der Waals surface area contributed by atoms with Crippen molar-refractivity contribution in [2.75, 3.05) is 0 Å². The molecule has 0 aliphatic heterocycles. The number of allylic oxidation sites excluding steroid dienone is 8. The molecular weight excluding hydrogens is 392 g/mol. The highest BCUT2D eigenvalue weighted by Crippen LogP contribution is 2.23. The van der Waals surface area contributed by atoms with Gasteiger partial charge in [-0.25, -0.2) is 0 Å². The average molecular weight is 398 g/mol. The number of hydrogen-bond acceptors (Lipinski definition) is 10. The van der Waals surface area contributed by atoms with Crippen LogP contribution in [0.4, 0.5) is 0 Å². The molecule has 0 fully saturated rings. The maximum Gasteiger partial charge on any atom is 0.280 e. The predicted molar refractivity (Wildman–Crippen MR) is 99.8 cm³/mol. The third-order valence-electron chi connectivity index (χ3n) is 3.62. The lowest BCUT2D eigenvalue weighted by molar-refractivity contribution is -0.420. The summed E-state index contributed by atoms with van der Waals surface area (Å²) in [6.07, 6.45) is 6.88. The fraction of sp³-hybridized carbons (Fsp3) is 0. The minimum atomic E-state index is -0.788. The van der Waals surface area contributed by atoms with Crippen molar-refractivity contribution >= 4 is 11.4 Å². The fourth-order valence-corrected chi connectivity index (χ4v) is 2.30. The molecule has 0 atom stereocenters. The van der Waals surface area contributed by atoms with Crippen LogP contribution in [0.2, 0.25) is 0 Å². The molecule has 0 amide bonds. The zero-order valence-corrected chi connectivity index (χ0v) is 14.7. The van der Waals surface area contributed by atoms with Gasteiger partial charge in [0.2, 0.25) is 0 Å². The quantitative estimate of drug-likeness (QED) is 0.389. The molecule has 0 spiro atoms. The Hall–Kier alpha value is -5.46. The van der Waals surface area contributed by atoms with Gasteiger partial charge in [-0.2, -0.15) is 31.3 Å². The summed E-state index contributed by atoms with van der Waals surface area (Å²) in [6, 6.07) is 6.27. The molecule has 2 aliphatic rings. The van der Waals surface area contributed by atoms with Gasteiger partial charge in [-0.15, -0.1) is 0 Å². The first-order valence-electron chi connectivity index (χ1n) is 7.70. The second kappa shape index (κ2) is 8.96. The number of nitriles is 4. The first-order valence-corrected chi connectivity index (χ1v) is 7.70. The van der Waals surface area contributed by atoms with Crippen LogP contribution in [0.5, 0.6) is 0 Å². The molecule has 0 aromatic carbocycles. The van der Waals surface area contributed by atoms with Crippen LogP contribution in [0, 0.1) is 65.6 Å². The molecule has 12 nitrogen and oxygen atoms in total. The van der Waals surface area contributed by atoms with Gasteiger partial charge in [0.15, 0.2) is 0 Å². The van der Waals surface area contributed by atoms with Crippen molar-refractivity contribution in [3.63, 3.8) is 0 Å². The largest absolute Gasteiger partial charge is 0.280 e. The lowest BCUT2D eigenvalue weighted by atomic mass is 10.00. The standard InChI is InChI=1S/C18H6N8O4/c19-7-11(8-20)15-3-1-13(5-17(15)25(27)28)23-24-14-2-4-16(12(9-21)10-22)18(6-14)26(29)30/h1-6H/b23-13-,24-14-. The Balaban J connectivity index is 2.50. The van der Waals surface area contributed by atoms with E-state index >= 15 is 0 Å². The number of nitrogens with zero attached hydrogens (tertiary/aromatic N) is 8. The lowest BCUT2D eigenvalue weighted by Crippen LogP contribution is -2.10. The molecule has 0 bridgehead atoms. The van der Waals surface area contributed by atoms with E-state index in [1.807, 2.05) is 0 Å². The summed E-state index contributed by atoms with van der Waals surface area (Å²) in [7, 11) is 0. The van der Waals surface area contributed by atoms with Crippen LogP contribution in [0.25, 0.3) is 0 Å². The van der Waals surface area contributed by atoms with Crippen LogP contribution in [-0.2, 0) is 0 Å². The molecule has 12 heteroatoms. The highest BCUT2D eigenvalue weighted by Gasteiger charge is 2.25. The summed E-state index contributed by atoms with van der Waals surface area (Å²) >= 11 is 0. The van der Waals surface area contributed by atoms with Crippen molar-refractivity contribution in [3.05, 3.63) is 90.4 Å². The van der Waals surface area contributed by atoms with Crippen LogP contribution >= 0.6 is 0 Å². The second-order valence-electron chi connectivity index (χ2n) is 5.31. The topological polar surface area (TPSA) is 206 Å². The number of hydrogen-bond donors (Lipinski definition) is 0. The van der Waals surface area contributed by atoms with Crippen molar-refractivity contribution in [2.24, 2.45) is 10.2 Å². The van der Waals surface area contributed by atoms with Crippen molar-refractivity contribution in [1.82, 2.24) is 0 Å². The van der Waals surface area contributed by atoms with Crippen LogP contribution in [0.3, 0.4) is 0 Å². The van der Waals surface area contributed by atoms with Crippen molar-refractivity contribution in [1.29, 1.82) is 21.0 Å².